The Morgan fingerprint density at radius 3 is 1.17 bits per heavy atom. The molecule has 1 aromatic heterocycles. The Bertz CT molecular complexity index is 3270. The third-order valence-corrected chi connectivity index (χ3v) is 13.7. The van der Waals surface area contributed by atoms with Crippen LogP contribution in [0.25, 0.3) is 72.0 Å². The fourth-order valence-electron chi connectivity index (χ4n) is 10.2. The van der Waals surface area contributed by atoms with E-state index in [1.54, 1.807) is 0 Å². The van der Waals surface area contributed by atoms with Gasteiger partial charge in [0.05, 0.1) is 17.1 Å². The molecule has 1 heterocycles. The molecule has 0 aliphatic rings. The van der Waals surface area contributed by atoms with Crippen LogP contribution < -0.4 is 9.64 Å². The van der Waals surface area contributed by atoms with Crippen LogP contribution in [0.5, 0.6) is 5.75 Å². The first-order valence-electron chi connectivity index (χ1n) is 24.9. The van der Waals surface area contributed by atoms with E-state index < -0.39 is 0 Å². The third-order valence-electron chi connectivity index (χ3n) is 13.7. The van der Waals surface area contributed by atoms with E-state index in [1.807, 2.05) is 0 Å². The Balaban J connectivity index is 1.04. The van der Waals surface area contributed by atoms with Crippen LogP contribution in [0.3, 0.4) is 0 Å². The summed E-state index contributed by atoms with van der Waals surface area (Å²) in [5.74, 6) is 1.34. The highest BCUT2D eigenvalue weighted by atomic mass is 16.5. The van der Waals surface area contributed by atoms with Gasteiger partial charge in [0.1, 0.15) is 5.75 Å². The highest BCUT2D eigenvalue weighted by Crippen LogP contribution is 2.45. The van der Waals surface area contributed by atoms with Crippen LogP contribution in [0.15, 0.2) is 218 Å². The number of anilines is 3. The van der Waals surface area contributed by atoms with Gasteiger partial charge in [-0.05, 0) is 172 Å². The number of benzene rings is 9. The molecule has 70 heavy (non-hydrogen) atoms. The molecule has 0 radical (unpaired) electrons. The quantitative estimate of drug-likeness (QED) is 0.122. The topological polar surface area (TPSA) is 17.4 Å². The minimum absolute atomic E-state index is 0.109. The Morgan fingerprint density at radius 2 is 0.786 bits per heavy atom. The molecule has 0 N–H and O–H groups in total. The lowest BCUT2D eigenvalue weighted by molar-refractivity contribution is 0.229. The van der Waals surface area contributed by atoms with E-state index in [1.165, 1.54) is 66.3 Å². The van der Waals surface area contributed by atoms with Crippen molar-refractivity contribution >= 4 is 38.9 Å². The summed E-state index contributed by atoms with van der Waals surface area (Å²) in [5, 5.41) is 2.44. The summed E-state index contributed by atoms with van der Waals surface area (Å²) in [7, 11) is 0. The van der Waals surface area contributed by atoms with Crippen molar-refractivity contribution in [2.75, 3.05) is 4.90 Å². The summed E-state index contributed by atoms with van der Waals surface area (Å²) in [4.78, 5) is 2.35. The maximum Gasteiger partial charge on any atom is 0.119 e. The number of fused-ring (bicyclic) bond motifs is 3. The van der Waals surface area contributed by atoms with Crippen molar-refractivity contribution in [3.63, 3.8) is 0 Å². The Hall–Kier alpha value is -7.62. The predicted octanol–water partition coefficient (Wildman–Crippen LogP) is 19.3. The van der Waals surface area contributed by atoms with Crippen LogP contribution in [-0.4, -0.2) is 10.7 Å². The smallest absolute Gasteiger partial charge is 0.119 e. The molecule has 3 heteroatoms. The van der Waals surface area contributed by atoms with Crippen LogP contribution in [0.1, 0.15) is 73.3 Å². The molecule has 0 bridgehead atoms. The summed E-state index contributed by atoms with van der Waals surface area (Å²) in [6, 6.07) is 79.9. The van der Waals surface area contributed by atoms with Crippen molar-refractivity contribution in [3.05, 3.63) is 224 Å². The molecular weight excluding hydrogens is 849 g/mol. The summed E-state index contributed by atoms with van der Waals surface area (Å²) in [6.07, 6.45) is 1.25. The molecule has 3 nitrogen and oxygen atoms in total. The second-order valence-electron chi connectivity index (χ2n) is 21.5. The van der Waals surface area contributed by atoms with Crippen molar-refractivity contribution in [3.8, 4) is 55.9 Å². The lowest BCUT2D eigenvalue weighted by Gasteiger charge is -2.36. The lowest BCUT2D eigenvalue weighted by Crippen LogP contribution is -2.23. The minimum Gasteiger partial charge on any atom is -0.491 e. The second-order valence-corrected chi connectivity index (χ2v) is 21.5. The molecule has 348 valence electrons. The van der Waals surface area contributed by atoms with Crippen LogP contribution in [-0.2, 0) is 0 Å². The van der Waals surface area contributed by atoms with Crippen molar-refractivity contribution < 1.29 is 4.74 Å². The predicted molar refractivity (Wildman–Crippen MR) is 299 cm³/mol. The molecule has 0 spiro atoms. The fourth-order valence-corrected chi connectivity index (χ4v) is 10.2. The van der Waals surface area contributed by atoms with Gasteiger partial charge in [-0.2, -0.15) is 0 Å². The van der Waals surface area contributed by atoms with Crippen molar-refractivity contribution in [1.29, 1.82) is 0 Å². The molecule has 0 aliphatic carbocycles. The van der Waals surface area contributed by atoms with Crippen molar-refractivity contribution in [2.45, 2.75) is 73.8 Å². The molecular formula is C67H64N2O. The zero-order valence-corrected chi connectivity index (χ0v) is 41.9. The largest absolute Gasteiger partial charge is 0.491 e. The molecule has 0 amide bonds. The molecule has 10 aromatic rings. The standard InChI is InChI=1S/C67H64N2O/c1-46(2)70-60-39-37-59(38-40-60)69-64-41-29-54(51-19-21-53(22-20-51)63(67(6,7)8)45-66(3,4)5)43-61(64)62-44-55(30-42-65(62)69)52-27-35-58(36-28-52)68(56-31-23-49(24-32-56)47-15-11-9-12-16-47)57-33-25-50(26-34-57)48-17-13-10-14-18-48/h9-44,46,63H,45H2,1-8H3. The summed E-state index contributed by atoms with van der Waals surface area (Å²) >= 11 is 0. The van der Waals surface area contributed by atoms with E-state index in [-0.39, 0.29) is 16.9 Å². The summed E-state index contributed by atoms with van der Waals surface area (Å²) < 4.78 is 8.46. The van der Waals surface area contributed by atoms with Crippen LogP contribution in [0, 0.1) is 10.8 Å². The van der Waals surface area contributed by atoms with Crippen LogP contribution >= 0.6 is 0 Å². The van der Waals surface area contributed by atoms with Gasteiger partial charge in [0.25, 0.3) is 0 Å². The number of nitrogens with zero attached hydrogens (tertiary/aromatic N) is 2. The van der Waals surface area contributed by atoms with Gasteiger partial charge in [-0.15, -0.1) is 0 Å². The van der Waals surface area contributed by atoms with E-state index in [0.29, 0.717) is 5.92 Å². The first kappa shape index (κ1) is 46.1. The lowest BCUT2D eigenvalue weighted by atomic mass is 9.69. The zero-order valence-electron chi connectivity index (χ0n) is 41.9. The fraction of sp³-hybridized carbons (Fsp3) is 0.194. The van der Waals surface area contributed by atoms with Gasteiger partial charge in [0.2, 0.25) is 0 Å². The van der Waals surface area contributed by atoms with Gasteiger partial charge in [-0.1, -0.05) is 175 Å². The van der Waals surface area contributed by atoms with Gasteiger partial charge in [0, 0.05) is 33.5 Å². The van der Waals surface area contributed by atoms with E-state index in [0.717, 1.165) is 40.5 Å². The SMILES string of the molecule is CC(C)Oc1ccc(-n2c3ccc(-c4ccc(C(CC(C)(C)C)C(C)(C)C)cc4)cc3c3cc(-c4ccc(N(c5ccc(-c6ccccc6)cc5)c5ccc(-c6ccccc6)cc5)cc4)ccc32)cc1. The number of ether oxygens (including phenoxy) is 1. The Kier molecular flexibility index (Phi) is 12.6. The molecule has 1 atom stereocenters. The molecule has 0 fully saturated rings. The average Bonchev–Trinajstić information content (AvgIpc) is 3.69. The van der Waals surface area contributed by atoms with E-state index in [4.69, 9.17) is 4.74 Å². The maximum atomic E-state index is 6.06. The van der Waals surface area contributed by atoms with Gasteiger partial charge in [0.15, 0.2) is 0 Å². The van der Waals surface area contributed by atoms with Gasteiger partial charge in [-0.3, -0.25) is 0 Å². The van der Waals surface area contributed by atoms with Gasteiger partial charge < -0.3 is 14.2 Å². The maximum absolute atomic E-state index is 6.06. The molecule has 0 saturated carbocycles. The number of aromatic nitrogens is 1. The Morgan fingerprint density at radius 1 is 0.414 bits per heavy atom. The highest BCUT2D eigenvalue weighted by Gasteiger charge is 2.30. The summed E-state index contributed by atoms with van der Waals surface area (Å²) in [5.41, 5.74) is 18.1. The van der Waals surface area contributed by atoms with Crippen molar-refractivity contribution in [2.24, 2.45) is 10.8 Å². The Labute approximate surface area is 415 Å². The molecule has 0 saturated heterocycles. The number of hydrogen-bond donors (Lipinski definition) is 0. The molecule has 0 aliphatic heterocycles. The van der Waals surface area contributed by atoms with Crippen LogP contribution in [0.2, 0.25) is 0 Å². The molecule has 1 unspecified atom stereocenters. The van der Waals surface area contributed by atoms with Gasteiger partial charge >= 0.3 is 0 Å². The third kappa shape index (κ3) is 9.80. The monoisotopic (exact) mass is 913 g/mol. The number of rotatable bonds is 12. The molecule has 9 aromatic carbocycles. The van der Waals surface area contributed by atoms with Gasteiger partial charge in [-0.25, -0.2) is 0 Å². The number of hydrogen-bond acceptors (Lipinski definition) is 2. The second kappa shape index (κ2) is 19.1. The summed E-state index contributed by atoms with van der Waals surface area (Å²) in [6.45, 7) is 18.3. The van der Waals surface area contributed by atoms with Crippen molar-refractivity contribution in [1.82, 2.24) is 4.57 Å². The van der Waals surface area contributed by atoms with Crippen LogP contribution in [0.4, 0.5) is 17.1 Å². The zero-order chi connectivity index (χ0) is 48.6. The first-order chi connectivity index (χ1) is 33.8. The first-order valence-corrected chi connectivity index (χ1v) is 24.9. The molecule has 10 rings (SSSR count). The highest BCUT2D eigenvalue weighted by molar-refractivity contribution is 6.11. The minimum atomic E-state index is 0.109. The van der Waals surface area contributed by atoms with E-state index in [9.17, 15) is 0 Å². The normalized spacial score (nSPS) is 12.4. The van der Waals surface area contributed by atoms with E-state index >= 15 is 0 Å². The average molecular weight is 913 g/mol. The van der Waals surface area contributed by atoms with E-state index in [2.05, 4.69) is 283 Å².